The number of carboxylic acids is 2. The highest BCUT2D eigenvalue weighted by atomic mass is 16.4. The molecule has 5 fully saturated rings. The third-order valence-corrected chi connectivity index (χ3v) is 12.9. The van der Waals surface area contributed by atoms with Gasteiger partial charge in [-0.05, 0) is 92.8 Å². The fourth-order valence-corrected chi connectivity index (χ4v) is 11.6. The molecule has 0 aromatic rings. The van der Waals surface area contributed by atoms with E-state index in [-0.39, 0.29) is 40.8 Å². The van der Waals surface area contributed by atoms with E-state index in [0.29, 0.717) is 44.9 Å². The lowest BCUT2D eigenvalue weighted by molar-refractivity contribution is -0.264. The van der Waals surface area contributed by atoms with Crippen LogP contribution in [-0.4, -0.2) is 39.1 Å². The number of carbonyl (C=O) groups is 3. The van der Waals surface area contributed by atoms with Crippen LogP contribution in [0.1, 0.15) is 92.4 Å². The van der Waals surface area contributed by atoms with Gasteiger partial charge in [-0.15, -0.1) is 0 Å². The van der Waals surface area contributed by atoms with Crippen LogP contribution in [0.2, 0.25) is 0 Å². The van der Waals surface area contributed by atoms with E-state index < -0.39 is 39.7 Å². The number of hydrogen-bond acceptors (Lipinski definition) is 4. The molecule has 10 atom stereocenters. The van der Waals surface area contributed by atoms with Crippen LogP contribution in [-0.2, 0) is 14.4 Å². The van der Waals surface area contributed by atoms with Gasteiger partial charge >= 0.3 is 11.9 Å². The maximum absolute atomic E-state index is 13.6. The van der Waals surface area contributed by atoms with Gasteiger partial charge in [-0.25, -0.2) is 0 Å². The first-order valence-corrected chi connectivity index (χ1v) is 13.9. The van der Waals surface area contributed by atoms with E-state index >= 15 is 0 Å². The molecule has 6 heteroatoms. The molecule has 0 aromatic carbocycles. The fourth-order valence-electron chi connectivity index (χ4n) is 11.6. The van der Waals surface area contributed by atoms with Gasteiger partial charge in [0, 0.05) is 17.8 Å². The van der Waals surface area contributed by atoms with Gasteiger partial charge < -0.3 is 15.3 Å². The average molecular weight is 501 g/mol. The van der Waals surface area contributed by atoms with E-state index in [1.165, 1.54) is 0 Å². The number of carbonyl (C=O) groups excluding carboxylic acids is 1. The van der Waals surface area contributed by atoms with Gasteiger partial charge in [0.1, 0.15) is 5.78 Å². The first-order chi connectivity index (χ1) is 16.6. The molecule has 0 spiro atoms. The van der Waals surface area contributed by atoms with E-state index in [9.17, 15) is 29.7 Å². The Balaban J connectivity index is 1.67. The summed E-state index contributed by atoms with van der Waals surface area (Å²) in [7, 11) is 0. The van der Waals surface area contributed by atoms with Crippen molar-refractivity contribution in [1.82, 2.24) is 0 Å². The monoisotopic (exact) mass is 500 g/mol. The normalized spacial score (nSPS) is 51.3. The van der Waals surface area contributed by atoms with Crippen LogP contribution in [0.25, 0.3) is 0 Å². The summed E-state index contributed by atoms with van der Waals surface area (Å²) >= 11 is 0. The highest BCUT2D eigenvalue weighted by molar-refractivity contribution is 5.86. The minimum atomic E-state index is -1.10. The van der Waals surface area contributed by atoms with Gasteiger partial charge in [-0.1, -0.05) is 39.8 Å². The van der Waals surface area contributed by atoms with Crippen molar-refractivity contribution in [3.63, 3.8) is 0 Å². The van der Waals surface area contributed by atoms with Crippen molar-refractivity contribution in [3.8, 4) is 0 Å². The summed E-state index contributed by atoms with van der Waals surface area (Å²) in [5, 5.41) is 33.3. The Bertz CT molecular complexity index is 1030. The second kappa shape index (κ2) is 7.68. The van der Waals surface area contributed by atoms with Gasteiger partial charge in [0.05, 0.1) is 16.9 Å². The summed E-state index contributed by atoms with van der Waals surface area (Å²) in [6.07, 6.45) is 4.24. The Kier molecular flexibility index (Phi) is 5.53. The van der Waals surface area contributed by atoms with Crippen molar-refractivity contribution in [1.29, 1.82) is 0 Å². The van der Waals surface area contributed by atoms with Crippen molar-refractivity contribution in [3.05, 3.63) is 12.2 Å². The standard InChI is InChI=1S/C30H44O6/c1-16(2)17-9-12-29(24(33)34)13-14-30(25(35)36)18(22(17)29)7-8-20-27(5)11-10-21(32)26(3,4)23(27)19(31)15-28(20,30)6/h17-20,22-23,31H,1,7-15H2,2-6H3,(H,33,34)(H,35,36)/t17-,18-,19+,20+,22+,23+,27+,28+,29-,30+/m0/s1. The maximum Gasteiger partial charge on any atom is 0.310 e. The molecule has 200 valence electrons. The van der Waals surface area contributed by atoms with Crippen molar-refractivity contribution in [2.45, 2.75) is 98.5 Å². The van der Waals surface area contributed by atoms with Crippen molar-refractivity contribution in [2.24, 2.45) is 56.7 Å². The molecule has 0 aromatic heterocycles. The van der Waals surface area contributed by atoms with Crippen LogP contribution in [0, 0.1) is 56.7 Å². The number of rotatable bonds is 3. The number of fused-ring (bicyclic) bond motifs is 7. The summed E-state index contributed by atoms with van der Waals surface area (Å²) in [6.45, 7) is 14.4. The molecule has 0 unspecified atom stereocenters. The Hall–Kier alpha value is -1.69. The second-order valence-electron chi connectivity index (χ2n) is 14.3. The molecular weight excluding hydrogens is 456 g/mol. The van der Waals surface area contributed by atoms with Crippen LogP contribution in [0.5, 0.6) is 0 Å². The third-order valence-electron chi connectivity index (χ3n) is 12.9. The summed E-state index contributed by atoms with van der Waals surface area (Å²) < 4.78 is 0. The highest BCUT2D eigenvalue weighted by Gasteiger charge is 2.76. The largest absolute Gasteiger partial charge is 0.481 e. The Morgan fingerprint density at radius 2 is 1.61 bits per heavy atom. The minimum Gasteiger partial charge on any atom is -0.481 e. The first-order valence-electron chi connectivity index (χ1n) is 13.9. The van der Waals surface area contributed by atoms with Crippen LogP contribution in [0.15, 0.2) is 12.2 Å². The number of ketones is 1. The lowest BCUT2D eigenvalue weighted by Gasteiger charge is -2.72. The quantitative estimate of drug-likeness (QED) is 0.452. The first kappa shape index (κ1) is 25.9. The number of aliphatic carboxylic acids is 2. The highest BCUT2D eigenvalue weighted by Crippen LogP contribution is 2.77. The van der Waals surface area contributed by atoms with Gasteiger partial charge in [0.15, 0.2) is 0 Å². The second-order valence-corrected chi connectivity index (χ2v) is 14.3. The number of carboxylic acid groups (broad SMARTS) is 2. The molecule has 5 aliphatic carbocycles. The number of Topliss-reactive ketones (excluding diaryl/α,β-unsaturated/α-hetero) is 1. The van der Waals surface area contributed by atoms with Crippen molar-refractivity contribution < 1.29 is 29.7 Å². The average Bonchev–Trinajstić information content (AvgIpc) is 3.17. The third kappa shape index (κ3) is 2.80. The SMILES string of the molecule is C=C(C)[C@@H]1CC[C@]2(C(=O)O)CC[C@]3(C(=O)O)[C@@H](CC[C@@H]4[C@@]5(C)CCC(=O)C(C)(C)[C@H]5[C@H](O)C[C@]43C)[C@@H]12. The Morgan fingerprint density at radius 3 is 2.19 bits per heavy atom. The lowest BCUT2D eigenvalue weighted by Crippen LogP contribution is -2.72. The number of allylic oxidation sites excluding steroid dienone is 1. The molecule has 3 N–H and O–H groups in total. The van der Waals surface area contributed by atoms with Gasteiger partial charge in [0.2, 0.25) is 0 Å². The summed E-state index contributed by atoms with van der Waals surface area (Å²) in [5.74, 6) is -2.08. The molecule has 5 aliphatic rings. The Labute approximate surface area is 214 Å². The number of aliphatic hydroxyl groups is 1. The molecule has 0 amide bonds. The van der Waals surface area contributed by atoms with Crippen LogP contribution >= 0.6 is 0 Å². The van der Waals surface area contributed by atoms with E-state index in [0.717, 1.165) is 18.4 Å². The van der Waals surface area contributed by atoms with Crippen molar-refractivity contribution in [2.75, 3.05) is 0 Å². The molecular formula is C30H44O6. The molecule has 0 bridgehead atoms. The van der Waals surface area contributed by atoms with E-state index in [4.69, 9.17) is 0 Å². The minimum absolute atomic E-state index is 0.00774. The zero-order valence-electron chi connectivity index (χ0n) is 22.6. The van der Waals surface area contributed by atoms with Crippen LogP contribution < -0.4 is 0 Å². The molecule has 36 heavy (non-hydrogen) atoms. The number of aliphatic hydroxyl groups excluding tert-OH is 1. The molecule has 0 heterocycles. The fraction of sp³-hybridized carbons (Fsp3) is 0.833. The molecule has 0 aliphatic heterocycles. The molecule has 5 saturated carbocycles. The van der Waals surface area contributed by atoms with Gasteiger partial charge in [-0.2, -0.15) is 0 Å². The van der Waals surface area contributed by atoms with E-state index in [1.807, 2.05) is 20.8 Å². The van der Waals surface area contributed by atoms with Gasteiger partial charge in [0.25, 0.3) is 0 Å². The zero-order chi connectivity index (χ0) is 26.6. The van der Waals surface area contributed by atoms with E-state index in [1.54, 1.807) is 0 Å². The molecule has 6 nitrogen and oxygen atoms in total. The Morgan fingerprint density at radius 1 is 0.944 bits per heavy atom. The predicted octanol–water partition coefficient (Wildman–Crippen LogP) is 5.33. The summed E-state index contributed by atoms with van der Waals surface area (Å²) in [6, 6.07) is 0. The number of hydrogen-bond donors (Lipinski definition) is 3. The van der Waals surface area contributed by atoms with Crippen LogP contribution in [0.4, 0.5) is 0 Å². The van der Waals surface area contributed by atoms with Crippen molar-refractivity contribution >= 4 is 17.7 Å². The topological polar surface area (TPSA) is 112 Å². The summed E-state index contributed by atoms with van der Waals surface area (Å²) in [4.78, 5) is 39.3. The smallest absolute Gasteiger partial charge is 0.310 e. The van der Waals surface area contributed by atoms with Crippen LogP contribution in [0.3, 0.4) is 0 Å². The lowest BCUT2D eigenvalue weighted by atomic mass is 9.31. The molecule has 5 rings (SSSR count). The van der Waals surface area contributed by atoms with E-state index in [2.05, 4.69) is 20.4 Å². The van der Waals surface area contributed by atoms with Gasteiger partial charge in [-0.3, -0.25) is 14.4 Å². The zero-order valence-corrected chi connectivity index (χ0v) is 22.6. The molecule has 0 saturated heterocycles. The summed E-state index contributed by atoms with van der Waals surface area (Å²) in [5.41, 5.74) is -2.71. The predicted molar refractivity (Wildman–Crippen MR) is 135 cm³/mol. The molecule has 0 radical (unpaired) electrons. The maximum atomic E-state index is 13.6.